The lowest BCUT2D eigenvalue weighted by atomic mass is 10.2. The van der Waals surface area contributed by atoms with E-state index in [0.29, 0.717) is 0 Å². The van der Waals surface area contributed by atoms with Gasteiger partial charge < -0.3 is 0 Å². The zero-order chi connectivity index (χ0) is 11.6. The Morgan fingerprint density at radius 2 is 1.88 bits per heavy atom. The van der Waals surface area contributed by atoms with Gasteiger partial charge in [-0.3, -0.25) is 0 Å². The highest BCUT2D eigenvalue weighted by atomic mass is 32.2. The van der Waals surface area contributed by atoms with E-state index in [1.165, 1.54) is 0 Å². The Kier molecular flexibility index (Phi) is 2.78. The van der Waals surface area contributed by atoms with Crippen LogP contribution in [-0.4, -0.2) is 14.6 Å². The van der Waals surface area contributed by atoms with Gasteiger partial charge in [-0.05, 0) is 19.1 Å². The lowest BCUT2D eigenvalue weighted by molar-refractivity contribution is 0.584. The second-order valence-electron chi connectivity index (χ2n) is 3.65. The number of aryl methyl sites for hydroxylation is 1. The molecular formula is C11H12N2O2S. The molecule has 0 saturated heterocycles. The first-order valence-electron chi connectivity index (χ1n) is 4.88. The molecule has 0 bridgehead atoms. The van der Waals surface area contributed by atoms with Crippen LogP contribution >= 0.6 is 0 Å². The Balaban J connectivity index is 2.08. The molecule has 0 atom stereocenters. The predicted octanol–water partition coefficient (Wildman–Crippen LogP) is 1.45. The highest BCUT2D eigenvalue weighted by molar-refractivity contribution is 7.89. The summed E-state index contributed by atoms with van der Waals surface area (Å²) in [5, 5.41) is 3.68. The number of nitrogens with zero attached hydrogens (tertiary/aromatic N) is 1. The summed E-state index contributed by atoms with van der Waals surface area (Å²) in [6, 6.07) is 6.62. The first-order chi connectivity index (χ1) is 7.58. The number of benzene rings is 1. The van der Waals surface area contributed by atoms with Crippen LogP contribution in [0.4, 0.5) is 0 Å². The highest BCUT2D eigenvalue weighted by Gasteiger charge is 2.12. The summed E-state index contributed by atoms with van der Waals surface area (Å²) < 4.78 is 23.4. The summed E-state index contributed by atoms with van der Waals surface area (Å²) in [5.74, 6) is 0.209. The highest BCUT2D eigenvalue weighted by Crippen LogP contribution is 2.12. The molecule has 1 N–H and O–H groups in total. The van der Waals surface area contributed by atoms with Crippen LogP contribution in [0.15, 0.2) is 46.4 Å². The van der Waals surface area contributed by atoms with E-state index in [4.69, 9.17) is 0 Å². The molecule has 0 radical (unpaired) electrons. The average molecular weight is 236 g/mol. The third-order valence-corrected chi connectivity index (χ3v) is 3.40. The smallest absolute Gasteiger partial charge is 0.200 e. The van der Waals surface area contributed by atoms with Crippen molar-refractivity contribution in [3.05, 3.63) is 42.0 Å². The topological polar surface area (TPSA) is 58.5 Å². The maximum Gasteiger partial charge on any atom is 0.276 e. The van der Waals surface area contributed by atoms with Crippen LogP contribution in [-0.2, 0) is 10.0 Å². The zero-order valence-electron chi connectivity index (χ0n) is 8.79. The van der Waals surface area contributed by atoms with E-state index >= 15 is 0 Å². The van der Waals surface area contributed by atoms with Crippen molar-refractivity contribution in [2.24, 2.45) is 11.0 Å². The van der Waals surface area contributed by atoms with Gasteiger partial charge in [0.05, 0.1) is 4.90 Å². The molecule has 5 heteroatoms. The largest absolute Gasteiger partial charge is 0.276 e. The Hall–Kier alpha value is -1.62. The molecule has 0 unspecified atom stereocenters. The van der Waals surface area contributed by atoms with Crippen molar-refractivity contribution in [1.82, 2.24) is 4.83 Å². The predicted molar refractivity (Wildman–Crippen MR) is 62.6 cm³/mol. The molecule has 4 nitrogen and oxygen atoms in total. The van der Waals surface area contributed by atoms with Crippen molar-refractivity contribution < 1.29 is 8.42 Å². The monoisotopic (exact) mass is 236 g/mol. The van der Waals surface area contributed by atoms with Gasteiger partial charge in [0.25, 0.3) is 10.0 Å². The van der Waals surface area contributed by atoms with Gasteiger partial charge in [-0.15, -0.1) is 0 Å². The SMILES string of the molecule is Cc1ccc(S(=O)(=O)N/N=C/C2C=C2)cc1. The van der Waals surface area contributed by atoms with Gasteiger partial charge in [0.2, 0.25) is 0 Å². The molecular weight excluding hydrogens is 224 g/mol. The molecule has 0 spiro atoms. The third-order valence-electron chi connectivity index (χ3n) is 2.17. The minimum atomic E-state index is -3.52. The summed E-state index contributed by atoms with van der Waals surface area (Å²) in [4.78, 5) is 2.39. The summed E-state index contributed by atoms with van der Waals surface area (Å²) in [7, 11) is -3.52. The van der Waals surface area contributed by atoms with Gasteiger partial charge in [-0.2, -0.15) is 13.5 Å². The molecule has 1 aliphatic rings. The number of sulfonamides is 1. The fourth-order valence-corrected chi connectivity index (χ4v) is 1.92. The van der Waals surface area contributed by atoms with Crippen LogP contribution in [0.25, 0.3) is 0 Å². The van der Waals surface area contributed by atoms with Crippen molar-refractivity contribution in [3.8, 4) is 0 Å². The van der Waals surface area contributed by atoms with Crippen molar-refractivity contribution >= 4 is 16.2 Å². The van der Waals surface area contributed by atoms with Gasteiger partial charge in [-0.1, -0.05) is 29.8 Å². The zero-order valence-corrected chi connectivity index (χ0v) is 9.61. The summed E-state index contributed by atoms with van der Waals surface area (Å²) >= 11 is 0. The number of hydrogen-bond acceptors (Lipinski definition) is 3. The lowest BCUT2D eigenvalue weighted by Crippen LogP contribution is -2.18. The van der Waals surface area contributed by atoms with E-state index in [9.17, 15) is 8.42 Å². The molecule has 0 saturated carbocycles. The van der Waals surface area contributed by atoms with Crippen LogP contribution in [0.2, 0.25) is 0 Å². The van der Waals surface area contributed by atoms with Crippen LogP contribution in [0, 0.1) is 12.8 Å². The minimum Gasteiger partial charge on any atom is -0.200 e. The van der Waals surface area contributed by atoms with E-state index in [1.807, 2.05) is 19.1 Å². The average Bonchev–Trinajstić information content (AvgIpc) is 3.02. The van der Waals surface area contributed by atoms with Crippen molar-refractivity contribution in [2.75, 3.05) is 0 Å². The first kappa shape index (κ1) is 10.9. The molecule has 0 heterocycles. The molecule has 84 valence electrons. The summed E-state index contributed by atoms with van der Waals surface area (Å²) in [6.07, 6.45) is 5.39. The van der Waals surface area contributed by atoms with Gasteiger partial charge in [0.1, 0.15) is 0 Å². The second-order valence-corrected chi connectivity index (χ2v) is 5.31. The van der Waals surface area contributed by atoms with Gasteiger partial charge in [-0.25, -0.2) is 4.83 Å². The quantitative estimate of drug-likeness (QED) is 0.488. The molecule has 0 fully saturated rings. The number of nitrogens with one attached hydrogen (secondary N) is 1. The van der Waals surface area contributed by atoms with Crippen molar-refractivity contribution in [3.63, 3.8) is 0 Å². The molecule has 1 aromatic rings. The van der Waals surface area contributed by atoms with Crippen molar-refractivity contribution in [1.29, 1.82) is 0 Å². The third kappa shape index (κ3) is 2.70. The summed E-state index contributed by atoms with van der Waals surface area (Å²) in [5.41, 5.74) is 1.02. The van der Waals surface area contributed by atoms with Gasteiger partial charge >= 0.3 is 0 Å². The lowest BCUT2D eigenvalue weighted by Gasteiger charge is -2.03. The number of hydrazone groups is 1. The molecule has 2 rings (SSSR count). The Morgan fingerprint density at radius 3 is 2.44 bits per heavy atom. The molecule has 0 aromatic heterocycles. The maximum atomic E-state index is 11.7. The number of hydrogen-bond donors (Lipinski definition) is 1. The fraction of sp³-hybridized carbons (Fsp3) is 0.182. The second kappa shape index (κ2) is 4.09. The van der Waals surface area contributed by atoms with E-state index in [2.05, 4.69) is 9.93 Å². The molecule has 0 aliphatic heterocycles. The van der Waals surface area contributed by atoms with Gasteiger partial charge in [0.15, 0.2) is 0 Å². The molecule has 0 amide bonds. The van der Waals surface area contributed by atoms with Crippen LogP contribution in [0.5, 0.6) is 0 Å². The van der Waals surface area contributed by atoms with E-state index < -0.39 is 10.0 Å². The number of rotatable bonds is 4. The van der Waals surface area contributed by atoms with Crippen LogP contribution in [0.3, 0.4) is 0 Å². The van der Waals surface area contributed by atoms with Crippen molar-refractivity contribution in [2.45, 2.75) is 11.8 Å². The van der Waals surface area contributed by atoms with Gasteiger partial charge in [0, 0.05) is 12.1 Å². The summed E-state index contributed by atoms with van der Waals surface area (Å²) in [6.45, 7) is 1.90. The van der Waals surface area contributed by atoms with E-state index in [-0.39, 0.29) is 10.8 Å². The molecule has 1 aliphatic carbocycles. The van der Waals surface area contributed by atoms with Crippen LogP contribution < -0.4 is 4.83 Å². The maximum absolute atomic E-state index is 11.7. The number of allylic oxidation sites excluding steroid dienone is 2. The normalized spacial score (nSPS) is 15.6. The fourth-order valence-electron chi connectivity index (χ4n) is 1.12. The van der Waals surface area contributed by atoms with Crippen LogP contribution in [0.1, 0.15) is 5.56 Å². The Morgan fingerprint density at radius 1 is 1.25 bits per heavy atom. The first-order valence-corrected chi connectivity index (χ1v) is 6.36. The Labute approximate surface area is 94.7 Å². The van der Waals surface area contributed by atoms with E-state index in [1.54, 1.807) is 30.5 Å². The molecule has 16 heavy (non-hydrogen) atoms. The minimum absolute atomic E-state index is 0.209. The standard InChI is InChI=1S/C11H12N2O2S/c1-9-2-6-11(7-3-9)16(14,15)13-12-8-10-4-5-10/h2-8,10,13H,1H3/b12-8+. The Bertz CT molecular complexity index is 524. The van der Waals surface area contributed by atoms with E-state index in [0.717, 1.165) is 5.56 Å². The molecule has 1 aromatic carbocycles.